The Balaban J connectivity index is 1.04. The van der Waals surface area contributed by atoms with Gasteiger partial charge in [-0.3, -0.25) is 0 Å². The lowest BCUT2D eigenvalue weighted by Crippen LogP contribution is -2.33. The molecule has 2 unspecified atom stereocenters. The fourth-order valence-corrected chi connectivity index (χ4v) is 12.0. The monoisotopic (exact) mass is 794 g/mol. The molecule has 0 saturated carbocycles. The van der Waals surface area contributed by atoms with Crippen molar-refractivity contribution in [3.63, 3.8) is 0 Å². The summed E-state index contributed by atoms with van der Waals surface area (Å²) in [6, 6.07) is 63.3. The normalized spacial score (nSPS) is 17.5. The standard InChI is InChI=1S/C58H42N4/c1-3-17-37(18-4-1)59-49-27-11-7-21-41(49)45-33-35-47-43-23-9-13-29-51(43)61(57(47)55(45)59)53-31-15-26-40-39(53)25-16-32-54(40)62-52-30-14-10-24-44(52)48-36-34-46-42-22-8-12-28-50(42)60(56(46)58(48)62)38-19-5-2-6-20-38/h1-32,43,51H,33-36H2. The number of anilines is 1. The molecule has 1 aliphatic heterocycles. The van der Waals surface area contributed by atoms with Gasteiger partial charge in [0.15, 0.2) is 0 Å². The minimum absolute atomic E-state index is 0.178. The number of allylic oxidation sites excluding steroid dienone is 2. The maximum atomic E-state index is 2.72. The molecule has 0 radical (unpaired) electrons. The molecule has 3 aromatic heterocycles. The molecule has 294 valence electrons. The van der Waals surface area contributed by atoms with Crippen LogP contribution in [0.15, 0.2) is 200 Å². The van der Waals surface area contributed by atoms with E-state index in [-0.39, 0.29) is 6.04 Å². The largest absolute Gasteiger partial charge is 0.331 e. The van der Waals surface area contributed by atoms with Gasteiger partial charge in [0.05, 0.1) is 51.1 Å². The summed E-state index contributed by atoms with van der Waals surface area (Å²) in [5.41, 5.74) is 19.8. The third kappa shape index (κ3) is 4.56. The molecular weight excluding hydrogens is 753 g/mol. The average molecular weight is 795 g/mol. The number of hydrogen-bond donors (Lipinski definition) is 0. The van der Waals surface area contributed by atoms with E-state index < -0.39 is 0 Å². The Morgan fingerprint density at radius 1 is 0.355 bits per heavy atom. The summed E-state index contributed by atoms with van der Waals surface area (Å²) in [7, 11) is 0. The lowest BCUT2D eigenvalue weighted by atomic mass is 9.84. The first-order valence-corrected chi connectivity index (χ1v) is 22.2. The van der Waals surface area contributed by atoms with Crippen molar-refractivity contribution < 1.29 is 0 Å². The van der Waals surface area contributed by atoms with Crippen LogP contribution in [0.4, 0.5) is 5.69 Å². The summed E-state index contributed by atoms with van der Waals surface area (Å²) in [6.07, 6.45) is 13.5. The second-order valence-corrected chi connectivity index (χ2v) is 17.4. The van der Waals surface area contributed by atoms with Gasteiger partial charge >= 0.3 is 0 Å². The van der Waals surface area contributed by atoms with Gasteiger partial charge in [0, 0.05) is 49.9 Å². The number of aromatic nitrogens is 3. The summed E-state index contributed by atoms with van der Waals surface area (Å²) >= 11 is 0. The van der Waals surface area contributed by atoms with Crippen molar-refractivity contribution in [1.29, 1.82) is 0 Å². The highest BCUT2D eigenvalue weighted by atomic mass is 15.2. The molecule has 0 N–H and O–H groups in total. The van der Waals surface area contributed by atoms with E-state index in [1.54, 1.807) is 5.57 Å². The summed E-state index contributed by atoms with van der Waals surface area (Å²) < 4.78 is 7.69. The first kappa shape index (κ1) is 34.2. The Morgan fingerprint density at radius 3 is 1.44 bits per heavy atom. The first-order valence-electron chi connectivity index (χ1n) is 22.2. The molecule has 0 amide bonds. The van der Waals surface area contributed by atoms with E-state index in [0.29, 0.717) is 5.92 Å². The molecule has 0 bridgehead atoms. The second-order valence-electron chi connectivity index (χ2n) is 17.4. The zero-order chi connectivity index (χ0) is 40.5. The third-order valence-corrected chi connectivity index (χ3v) is 14.4. The van der Waals surface area contributed by atoms with Gasteiger partial charge < -0.3 is 18.6 Å². The van der Waals surface area contributed by atoms with Crippen molar-refractivity contribution in [2.75, 3.05) is 4.90 Å². The zero-order valence-electron chi connectivity index (χ0n) is 34.2. The number of para-hydroxylation sites is 5. The molecule has 4 heteroatoms. The van der Waals surface area contributed by atoms with Crippen LogP contribution in [0.2, 0.25) is 0 Å². The summed E-state index contributed by atoms with van der Waals surface area (Å²) in [4.78, 5) is 2.72. The number of fused-ring (bicyclic) bond motifs is 14. The third-order valence-electron chi connectivity index (χ3n) is 14.4. The maximum absolute atomic E-state index is 2.72. The second kappa shape index (κ2) is 13.0. The molecule has 4 nitrogen and oxygen atoms in total. The van der Waals surface area contributed by atoms with Gasteiger partial charge in [-0.15, -0.1) is 0 Å². The zero-order valence-corrected chi connectivity index (χ0v) is 34.2. The molecule has 4 heterocycles. The van der Waals surface area contributed by atoms with Crippen LogP contribution < -0.4 is 4.90 Å². The fraction of sp³-hybridized carbons (Fsp3) is 0.103. The van der Waals surface area contributed by atoms with Crippen LogP contribution in [0.1, 0.15) is 28.8 Å². The maximum Gasteiger partial charge on any atom is 0.0745 e. The van der Waals surface area contributed by atoms with Crippen LogP contribution in [0, 0.1) is 5.92 Å². The Bertz CT molecular complexity index is 3590. The van der Waals surface area contributed by atoms with Gasteiger partial charge in [0.1, 0.15) is 0 Å². The molecule has 62 heavy (non-hydrogen) atoms. The quantitative estimate of drug-likeness (QED) is 0.174. The Morgan fingerprint density at radius 2 is 0.806 bits per heavy atom. The van der Waals surface area contributed by atoms with Crippen molar-refractivity contribution in [3.8, 4) is 28.5 Å². The highest BCUT2D eigenvalue weighted by molar-refractivity contribution is 6.08. The summed E-state index contributed by atoms with van der Waals surface area (Å²) in [5.74, 6) is 0.308. The van der Waals surface area contributed by atoms with Crippen LogP contribution in [0.5, 0.6) is 0 Å². The number of rotatable bonds is 4. The minimum atomic E-state index is 0.178. The van der Waals surface area contributed by atoms with Crippen molar-refractivity contribution in [3.05, 3.63) is 222 Å². The van der Waals surface area contributed by atoms with Gasteiger partial charge in [0.25, 0.3) is 0 Å². The van der Waals surface area contributed by atoms with Crippen LogP contribution >= 0.6 is 0 Å². The van der Waals surface area contributed by atoms with Crippen LogP contribution in [-0.4, -0.2) is 19.7 Å². The van der Waals surface area contributed by atoms with E-state index in [0.717, 1.165) is 25.7 Å². The van der Waals surface area contributed by atoms with Crippen LogP contribution in [0.25, 0.3) is 77.6 Å². The Labute approximate surface area is 360 Å². The average Bonchev–Trinajstić information content (AvgIpc) is 4.07. The van der Waals surface area contributed by atoms with Crippen molar-refractivity contribution >= 4 is 54.9 Å². The lowest BCUT2D eigenvalue weighted by Gasteiger charge is -2.33. The highest BCUT2D eigenvalue weighted by Gasteiger charge is 2.44. The molecule has 3 aliphatic carbocycles. The van der Waals surface area contributed by atoms with E-state index in [9.17, 15) is 0 Å². The van der Waals surface area contributed by atoms with Crippen molar-refractivity contribution in [2.45, 2.75) is 31.7 Å². The topological polar surface area (TPSA) is 18.0 Å². The first-order chi connectivity index (χ1) is 30.8. The van der Waals surface area contributed by atoms with E-state index in [1.807, 2.05) is 0 Å². The van der Waals surface area contributed by atoms with Gasteiger partial charge in [-0.1, -0.05) is 140 Å². The summed E-state index contributed by atoms with van der Waals surface area (Å²) in [6.45, 7) is 0. The van der Waals surface area contributed by atoms with Gasteiger partial charge in [0.2, 0.25) is 0 Å². The molecule has 7 aromatic carbocycles. The fourth-order valence-electron chi connectivity index (χ4n) is 12.0. The van der Waals surface area contributed by atoms with Gasteiger partial charge in [-0.25, -0.2) is 0 Å². The van der Waals surface area contributed by atoms with E-state index in [2.05, 4.69) is 213 Å². The van der Waals surface area contributed by atoms with E-state index >= 15 is 0 Å². The molecular formula is C58H42N4. The molecule has 14 rings (SSSR count). The van der Waals surface area contributed by atoms with Crippen molar-refractivity contribution in [2.24, 2.45) is 5.92 Å². The minimum Gasteiger partial charge on any atom is -0.331 e. The molecule has 4 aliphatic rings. The number of aryl methyl sites for hydroxylation is 3. The van der Waals surface area contributed by atoms with E-state index in [4.69, 9.17) is 0 Å². The number of nitrogens with zero attached hydrogens (tertiary/aromatic N) is 4. The van der Waals surface area contributed by atoms with E-state index in [1.165, 1.54) is 106 Å². The predicted molar refractivity (Wildman–Crippen MR) is 257 cm³/mol. The highest BCUT2D eigenvalue weighted by Crippen LogP contribution is 2.54. The Hall–Kier alpha value is -7.56. The number of hydrogen-bond acceptors (Lipinski definition) is 1. The molecule has 0 saturated heterocycles. The lowest BCUT2D eigenvalue weighted by molar-refractivity contribution is 0.659. The molecule has 0 spiro atoms. The number of benzene rings is 7. The molecule has 10 aromatic rings. The SMILES string of the molecule is C1=CC2C3=C(c4c(c5ccccc5n4-c4ccccc4)CC3)N(c3cccc4c(-n5c6c(c7ccccc75)CCc5c-6n(-c6ccccc6)c6ccccc56)cccc34)C2C=C1. The predicted octanol–water partition coefficient (Wildman–Crippen LogP) is 13.7. The van der Waals surface area contributed by atoms with Crippen LogP contribution in [-0.2, 0) is 19.3 Å². The smallest absolute Gasteiger partial charge is 0.0745 e. The molecule has 2 atom stereocenters. The summed E-state index contributed by atoms with van der Waals surface area (Å²) in [5, 5.41) is 6.56. The van der Waals surface area contributed by atoms with Gasteiger partial charge in [-0.2, -0.15) is 0 Å². The van der Waals surface area contributed by atoms with Crippen molar-refractivity contribution in [1.82, 2.24) is 13.7 Å². The Kier molecular flexibility index (Phi) is 7.15. The van der Waals surface area contributed by atoms with Gasteiger partial charge in [-0.05, 0) is 103 Å². The van der Waals surface area contributed by atoms with Crippen LogP contribution in [0.3, 0.4) is 0 Å². The molecule has 0 fully saturated rings.